The fourth-order valence-electron chi connectivity index (χ4n) is 5.81. The Morgan fingerprint density at radius 2 is 1.75 bits per heavy atom. The number of carboxylic acids is 1. The Kier molecular flexibility index (Phi) is 10.1. The molecule has 7 nitrogen and oxygen atoms in total. The molecule has 2 aromatic carbocycles. The molecule has 5 N–H and O–H groups in total. The van der Waals surface area contributed by atoms with E-state index in [0.29, 0.717) is 30.0 Å². The van der Waals surface area contributed by atoms with Gasteiger partial charge in [0.05, 0.1) is 25.2 Å². The van der Waals surface area contributed by atoms with E-state index in [2.05, 4.69) is 10.3 Å². The molecule has 0 radical (unpaired) electrons. The van der Waals surface area contributed by atoms with Crippen molar-refractivity contribution in [3.8, 4) is 5.75 Å². The summed E-state index contributed by atoms with van der Waals surface area (Å²) in [6.45, 7) is 1.47. The van der Waals surface area contributed by atoms with Crippen molar-refractivity contribution in [2.75, 3.05) is 26.3 Å². The number of aromatic nitrogens is 1. The van der Waals surface area contributed by atoms with E-state index in [1.54, 1.807) is 18.2 Å². The molecule has 1 saturated carbocycles. The normalized spacial score (nSPS) is 17.1. The van der Waals surface area contributed by atoms with Gasteiger partial charge in [0.2, 0.25) is 0 Å². The topological polar surface area (TPSA) is 115 Å². The van der Waals surface area contributed by atoms with Gasteiger partial charge in [0.25, 0.3) is 0 Å². The average molecular weight is 563 g/mol. The minimum atomic E-state index is -4.38. The Morgan fingerprint density at radius 3 is 2.40 bits per heavy atom. The fourth-order valence-corrected chi connectivity index (χ4v) is 5.81. The molecule has 3 aromatic rings. The Morgan fingerprint density at radius 1 is 1.02 bits per heavy atom. The number of aliphatic carboxylic acids is 1. The predicted molar refractivity (Wildman–Crippen MR) is 146 cm³/mol. The van der Waals surface area contributed by atoms with Crippen LogP contribution in [0.4, 0.5) is 13.2 Å². The first kappa shape index (κ1) is 29.9. The zero-order valence-corrected chi connectivity index (χ0v) is 22.4. The highest BCUT2D eigenvalue weighted by molar-refractivity contribution is 5.87. The number of ether oxygens (including phenoxy) is 1. The van der Waals surface area contributed by atoms with Gasteiger partial charge in [-0.3, -0.25) is 4.79 Å². The smallest absolute Gasteiger partial charge is 0.416 e. The Balaban J connectivity index is 0.000000470. The Bertz CT molecular complexity index is 1280. The number of aliphatic hydroxyl groups is 2. The summed E-state index contributed by atoms with van der Waals surface area (Å²) in [7, 11) is 0. The highest BCUT2D eigenvalue weighted by Gasteiger charge is 2.36. The maximum Gasteiger partial charge on any atom is 0.416 e. The third-order valence-electron chi connectivity index (χ3n) is 7.68. The number of fused-ring (bicyclic) bond motifs is 3. The van der Waals surface area contributed by atoms with Crippen molar-refractivity contribution in [1.29, 1.82) is 0 Å². The lowest BCUT2D eigenvalue weighted by Gasteiger charge is -2.19. The van der Waals surface area contributed by atoms with Crippen LogP contribution in [0.25, 0.3) is 10.9 Å². The Hall–Kier alpha value is -3.08. The van der Waals surface area contributed by atoms with Gasteiger partial charge in [0.15, 0.2) is 0 Å². The van der Waals surface area contributed by atoms with Crippen molar-refractivity contribution >= 4 is 16.9 Å². The van der Waals surface area contributed by atoms with Gasteiger partial charge in [-0.2, -0.15) is 13.2 Å². The summed E-state index contributed by atoms with van der Waals surface area (Å²) in [5.74, 6) is -0.264. The molecule has 0 bridgehead atoms. The number of benzene rings is 2. The van der Waals surface area contributed by atoms with Crippen LogP contribution in [0.3, 0.4) is 0 Å². The maximum atomic E-state index is 13.7. The number of hydrogen-bond donors (Lipinski definition) is 5. The fraction of sp³-hybridized carbons (Fsp3) is 0.500. The van der Waals surface area contributed by atoms with Crippen molar-refractivity contribution in [3.63, 3.8) is 0 Å². The minimum Gasteiger partial charge on any atom is -0.489 e. The van der Waals surface area contributed by atoms with E-state index < -0.39 is 17.7 Å². The van der Waals surface area contributed by atoms with Crippen LogP contribution < -0.4 is 10.1 Å². The van der Waals surface area contributed by atoms with Crippen molar-refractivity contribution in [2.24, 2.45) is 0 Å². The number of H-pyrrole nitrogens is 1. The molecule has 1 fully saturated rings. The van der Waals surface area contributed by atoms with Crippen LogP contribution >= 0.6 is 0 Å². The molecule has 1 atom stereocenters. The molecule has 218 valence electrons. The molecule has 10 heteroatoms. The lowest BCUT2D eigenvalue weighted by Crippen LogP contribution is -2.21. The molecular formula is C30H37F3N2O5. The number of aliphatic hydroxyl groups excluding tert-OH is 2. The lowest BCUT2D eigenvalue weighted by molar-refractivity contribution is -0.139. The zero-order chi connectivity index (χ0) is 28.7. The van der Waals surface area contributed by atoms with Crippen molar-refractivity contribution < 1.29 is 38.0 Å². The minimum absolute atomic E-state index is 0.0142. The third kappa shape index (κ3) is 7.35. The second-order valence-corrected chi connectivity index (χ2v) is 10.4. The summed E-state index contributed by atoms with van der Waals surface area (Å²) < 4.78 is 47.1. The van der Waals surface area contributed by atoms with Gasteiger partial charge in [0, 0.05) is 35.6 Å². The van der Waals surface area contributed by atoms with Crippen LogP contribution in [0.2, 0.25) is 0 Å². The molecule has 1 unspecified atom stereocenters. The Labute approximate surface area is 231 Å². The quantitative estimate of drug-likeness (QED) is 0.209. The van der Waals surface area contributed by atoms with E-state index in [1.165, 1.54) is 6.07 Å². The van der Waals surface area contributed by atoms with Gasteiger partial charge >= 0.3 is 12.1 Å². The number of hydrogen-bond acceptors (Lipinski definition) is 5. The van der Waals surface area contributed by atoms with Gasteiger partial charge < -0.3 is 30.4 Å². The number of alkyl halides is 3. The molecule has 2 aliphatic carbocycles. The second kappa shape index (κ2) is 13.5. The lowest BCUT2D eigenvalue weighted by atomic mass is 9.91. The number of carboxylic acid groups (broad SMARTS) is 1. The van der Waals surface area contributed by atoms with E-state index in [9.17, 15) is 18.0 Å². The predicted octanol–water partition coefficient (Wildman–Crippen LogP) is 5.49. The van der Waals surface area contributed by atoms with E-state index >= 15 is 0 Å². The molecule has 0 aliphatic heterocycles. The van der Waals surface area contributed by atoms with Crippen molar-refractivity contribution in [2.45, 2.75) is 69.6 Å². The highest BCUT2D eigenvalue weighted by atomic mass is 19.4. The van der Waals surface area contributed by atoms with Crippen LogP contribution in [0.15, 0.2) is 36.4 Å². The summed E-state index contributed by atoms with van der Waals surface area (Å²) >= 11 is 0. The van der Waals surface area contributed by atoms with Gasteiger partial charge in [-0.05, 0) is 72.6 Å². The summed E-state index contributed by atoms with van der Waals surface area (Å²) in [6, 6.07) is 10.2. The number of rotatable bonds is 10. The molecular weight excluding hydrogens is 525 g/mol. The van der Waals surface area contributed by atoms with Gasteiger partial charge in [-0.1, -0.05) is 25.0 Å². The van der Waals surface area contributed by atoms with Crippen LogP contribution in [0.1, 0.15) is 78.3 Å². The number of halogens is 3. The average Bonchev–Trinajstić information content (AvgIpc) is 3.66. The number of nitrogens with one attached hydrogen (secondary N) is 2. The highest BCUT2D eigenvalue weighted by Crippen LogP contribution is 2.43. The summed E-state index contributed by atoms with van der Waals surface area (Å²) in [5, 5.41) is 29.2. The van der Waals surface area contributed by atoms with Crippen molar-refractivity contribution in [1.82, 2.24) is 10.3 Å². The first-order valence-corrected chi connectivity index (χ1v) is 13.8. The van der Waals surface area contributed by atoms with E-state index in [4.69, 9.17) is 20.1 Å². The molecule has 40 heavy (non-hydrogen) atoms. The molecule has 0 saturated heterocycles. The SMILES string of the molecule is O=C(O)CC1CCc2c1[nH]c1ccc(OCc3ccc(C4CCCC4)c(C(F)(F)F)c3)cc21.OCCNCCO. The maximum absolute atomic E-state index is 13.7. The number of aryl methyl sites for hydroxylation is 1. The largest absolute Gasteiger partial charge is 0.489 e. The van der Waals surface area contributed by atoms with Gasteiger partial charge in [-0.15, -0.1) is 0 Å². The monoisotopic (exact) mass is 562 g/mol. The van der Waals surface area contributed by atoms with Crippen LogP contribution in [-0.4, -0.2) is 52.6 Å². The molecule has 0 spiro atoms. The first-order valence-electron chi connectivity index (χ1n) is 13.8. The van der Waals surface area contributed by atoms with Crippen LogP contribution in [0, 0.1) is 0 Å². The molecule has 1 heterocycles. The molecule has 0 amide bonds. The summed E-state index contributed by atoms with van der Waals surface area (Å²) in [6.07, 6.45) is 0.897. The van der Waals surface area contributed by atoms with Gasteiger partial charge in [-0.25, -0.2) is 0 Å². The third-order valence-corrected chi connectivity index (χ3v) is 7.68. The number of aromatic amines is 1. The molecule has 1 aromatic heterocycles. The standard InChI is InChI=1S/C26H26F3NO3.C4H11NO2/c27-26(28,29)22-11-15(5-8-19(22)16-3-1-2-4-16)14-33-18-7-10-23-21(13-18)20-9-6-17(12-24(31)32)25(20)30-23;6-3-1-5-2-4-7/h5,7-8,10-11,13,16-17,30H,1-4,6,9,12,14H2,(H,31,32);5-7H,1-4H2. The van der Waals surface area contributed by atoms with Crippen molar-refractivity contribution in [3.05, 3.63) is 64.3 Å². The molecule has 5 rings (SSSR count). The van der Waals surface area contributed by atoms with E-state index in [0.717, 1.165) is 60.7 Å². The summed E-state index contributed by atoms with van der Waals surface area (Å²) in [5.41, 5.74) is 3.36. The zero-order valence-electron chi connectivity index (χ0n) is 22.4. The summed E-state index contributed by atoms with van der Waals surface area (Å²) in [4.78, 5) is 14.5. The van der Waals surface area contributed by atoms with E-state index in [-0.39, 0.29) is 38.1 Å². The molecule has 2 aliphatic rings. The van der Waals surface area contributed by atoms with E-state index in [1.807, 2.05) is 12.1 Å². The van der Waals surface area contributed by atoms with Crippen LogP contribution in [0.5, 0.6) is 5.75 Å². The number of carbonyl (C=O) groups is 1. The first-order chi connectivity index (χ1) is 19.2. The second-order valence-electron chi connectivity index (χ2n) is 10.4. The van der Waals surface area contributed by atoms with Crippen LogP contribution in [-0.2, 0) is 24.0 Å². The van der Waals surface area contributed by atoms with Gasteiger partial charge in [0.1, 0.15) is 12.4 Å².